The van der Waals surface area contributed by atoms with Gasteiger partial charge in [0.1, 0.15) is 11.4 Å². The van der Waals surface area contributed by atoms with Gasteiger partial charge >= 0.3 is 0 Å². The number of amides is 2. The average Bonchev–Trinajstić information content (AvgIpc) is 3.27. The number of carbonyl (C=O) groups excluding carboxylic acids is 2. The Labute approximate surface area is 167 Å². The zero-order valence-electron chi connectivity index (χ0n) is 16.9. The number of nitrogens with one attached hydrogen (secondary N) is 2. The molecule has 3 aliphatic rings. The van der Waals surface area contributed by atoms with Gasteiger partial charge in [-0.3, -0.25) is 14.5 Å². The summed E-state index contributed by atoms with van der Waals surface area (Å²) in [4.78, 5) is 27.3. The minimum absolute atomic E-state index is 0.00906. The molecule has 0 spiro atoms. The highest BCUT2D eigenvalue weighted by atomic mass is 16.5. The second kappa shape index (κ2) is 7.74. The van der Waals surface area contributed by atoms with Gasteiger partial charge in [-0.25, -0.2) is 0 Å². The van der Waals surface area contributed by atoms with Crippen LogP contribution in [0.3, 0.4) is 0 Å². The van der Waals surface area contributed by atoms with Gasteiger partial charge in [0.05, 0.1) is 12.5 Å². The quantitative estimate of drug-likeness (QED) is 0.815. The molecule has 1 saturated carbocycles. The van der Waals surface area contributed by atoms with E-state index in [1.54, 1.807) is 0 Å². The van der Waals surface area contributed by atoms with Crippen LogP contribution in [-0.4, -0.2) is 47.5 Å². The SMILES string of the molecule is CC1(C)Cc2cc(CNC(=O)C[C@@H]3C(=O)NCCN3C3CCCC3)ccc2O1. The molecule has 2 N–H and O–H groups in total. The van der Waals surface area contributed by atoms with Crippen LogP contribution in [0, 0.1) is 0 Å². The molecule has 1 saturated heterocycles. The number of fused-ring (bicyclic) bond motifs is 1. The van der Waals surface area contributed by atoms with Crippen LogP contribution in [-0.2, 0) is 22.6 Å². The molecule has 2 amide bonds. The molecule has 2 fully saturated rings. The number of ether oxygens (including phenoxy) is 1. The van der Waals surface area contributed by atoms with E-state index in [-0.39, 0.29) is 29.9 Å². The molecule has 0 radical (unpaired) electrons. The molecular weight excluding hydrogens is 354 g/mol. The van der Waals surface area contributed by atoms with Crippen LogP contribution < -0.4 is 15.4 Å². The van der Waals surface area contributed by atoms with Crippen LogP contribution in [0.2, 0.25) is 0 Å². The van der Waals surface area contributed by atoms with Crippen molar-refractivity contribution in [2.45, 2.75) is 76.6 Å². The van der Waals surface area contributed by atoms with Crippen molar-refractivity contribution < 1.29 is 14.3 Å². The van der Waals surface area contributed by atoms with E-state index in [0.29, 0.717) is 19.1 Å². The van der Waals surface area contributed by atoms with E-state index in [9.17, 15) is 9.59 Å². The van der Waals surface area contributed by atoms with E-state index in [1.807, 2.05) is 12.1 Å². The molecule has 0 bridgehead atoms. The van der Waals surface area contributed by atoms with Crippen LogP contribution in [0.5, 0.6) is 5.75 Å². The summed E-state index contributed by atoms with van der Waals surface area (Å²) in [6.07, 6.45) is 5.82. The zero-order valence-corrected chi connectivity index (χ0v) is 16.9. The van der Waals surface area contributed by atoms with Crippen molar-refractivity contribution in [2.75, 3.05) is 13.1 Å². The standard InChI is InChI=1S/C22H31N3O3/c1-22(2)13-16-11-15(7-8-19(16)28-22)14-24-20(26)12-18-21(27)23-9-10-25(18)17-5-3-4-6-17/h7-8,11,17-18H,3-6,9-10,12-14H2,1-2H3,(H,23,27)(H,24,26)/t18-/m1/s1. The molecule has 4 rings (SSSR count). The Morgan fingerprint density at radius 1 is 1.32 bits per heavy atom. The number of benzene rings is 1. The smallest absolute Gasteiger partial charge is 0.237 e. The minimum Gasteiger partial charge on any atom is -0.487 e. The molecule has 0 aromatic heterocycles. The van der Waals surface area contributed by atoms with Gasteiger partial charge in [0.2, 0.25) is 11.8 Å². The van der Waals surface area contributed by atoms with Crippen LogP contribution in [0.15, 0.2) is 18.2 Å². The van der Waals surface area contributed by atoms with Crippen molar-refractivity contribution in [3.8, 4) is 5.75 Å². The van der Waals surface area contributed by atoms with Gasteiger partial charge < -0.3 is 15.4 Å². The maximum atomic E-state index is 12.6. The van der Waals surface area contributed by atoms with Gasteiger partial charge in [-0.1, -0.05) is 25.0 Å². The Balaban J connectivity index is 1.34. The number of carbonyl (C=O) groups is 2. The van der Waals surface area contributed by atoms with Gasteiger partial charge in [0.15, 0.2) is 0 Å². The van der Waals surface area contributed by atoms with Crippen molar-refractivity contribution in [3.05, 3.63) is 29.3 Å². The Morgan fingerprint density at radius 2 is 2.11 bits per heavy atom. The summed E-state index contributed by atoms with van der Waals surface area (Å²) in [5, 5.41) is 5.93. The first kappa shape index (κ1) is 19.2. The highest BCUT2D eigenvalue weighted by Crippen LogP contribution is 2.35. The zero-order chi connectivity index (χ0) is 19.7. The van der Waals surface area contributed by atoms with E-state index in [1.165, 1.54) is 18.4 Å². The third kappa shape index (κ3) is 4.17. The number of hydrogen-bond donors (Lipinski definition) is 2. The van der Waals surface area contributed by atoms with Crippen molar-refractivity contribution in [1.82, 2.24) is 15.5 Å². The third-order valence-corrected chi connectivity index (χ3v) is 6.16. The number of piperazine rings is 1. The summed E-state index contributed by atoms with van der Waals surface area (Å²) in [6.45, 7) is 6.17. The van der Waals surface area contributed by atoms with Crippen LogP contribution in [0.1, 0.15) is 57.1 Å². The normalized spacial score (nSPS) is 24.5. The summed E-state index contributed by atoms with van der Waals surface area (Å²) in [6, 6.07) is 6.21. The lowest BCUT2D eigenvalue weighted by Crippen LogP contribution is -2.59. The molecule has 152 valence electrons. The molecule has 6 nitrogen and oxygen atoms in total. The fourth-order valence-electron chi connectivity index (χ4n) is 4.84. The molecule has 0 unspecified atom stereocenters. The first-order chi connectivity index (χ1) is 13.4. The molecule has 1 aromatic carbocycles. The molecule has 28 heavy (non-hydrogen) atoms. The lowest BCUT2D eigenvalue weighted by atomic mass is 10.00. The first-order valence-electron chi connectivity index (χ1n) is 10.5. The molecular formula is C22H31N3O3. The van der Waals surface area contributed by atoms with Crippen molar-refractivity contribution in [2.24, 2.45) is 0 Å². The van der Waals surface area contributed by atoms with Gasteiger partial charge in [-0.2, -0.15) is 0 Å². The molecule has 1 atom stereocenters. The lowest BCUT2D eigenvalue weighted by Gasteiger charge is -2.38. The van der Waals surface area contributed by atoms with Gasteiger partial charge in [0.25, 0.3) is 0 Å². The van der Waals surface area contributed by atoms with Crippen LogP contribution >= 0.6 is 0 Å². The maximum absolute atomic E-state index is 12.6. The topological polar surface area (TPSA) is 70.7 Å². The largest absolute Gasteiger partial charge is 0.487 e. The predicted octanol–water partition coefficient (Wildman–Crippen LogP) is 2.15. The van der Waals surface area contributed by atoms with Crippen LogP contribution in [0.4, 0.5) is 0 Å². The Kier molecular flexibility index (Phi) is 5.32. The number of rotatable bonds is 5. The van der Waals surface area contributed by atoms with Crippen molar-refractivity contribution in [3.63, 3.8) is 0 Å². The predicted molar refractivity (Wildman–Crippen MR) is 107 cm³/mol. The molecule has 2 aliphatic heterocycles. The summed E-state index contributed by atoms with van der Waals surface area (Å²) < 4.78 is 5.91. The van der Waals surface area contributed by atoms with E-state index < -0.39 is 0 Å². The van der Waals surface area contributed by atoms with Crippen molar-refractivity contribution in [1.29, 1.82) is 0 Å². The second-order valence-corrected chi connectivity index (χ2v) is 8.94. The highest BCUT2D eigenvalue weighted by Gasteiger charge is 2.36. The van der Waals surface area contributed by atoms with Gasteiger partial charge in [0, 0.05) is 32.1 Å². The number of nitrogens with zero attached hydrogens (tertiary/aromatic N) is 1. The molecule has 1 aliphatic carbocycles. The Bertz CT molecular complexity index is 755. The van der Waals surface area contributed by atoms with E-state index in [2.05, 4.69) is 35.4 Å². The summed E-state index contributed by atoms with van der Waals surface area (Å²) in [7, 11) is 0. The number of hydrogen-bond acceptors (Lipinski definition) is 4. The van der Waals surface area contributed by atoms with Crippen LogP contribution in [0.25, 0.3) is 0 Å². The van der Waals surface area contributed by atoms with Gasteiger partial charge in [-0.05, 0) is 43.9 Å². The van der Waals surface area contributed by atoms with E-state index in [0.717, 1.165) is 37.1 Å². The summed E-state index contributed by atoms with van der Waals surface area (Å²) >= 11 is 0. The fourth-order valence-corrected chi connectivity index (χ4v) is 4.84. The van der Waals surface area contributed by atoms with E-state index in [4.69, 9.17) is 4.74 Å². The lowest BCUT2D eigenvalue weighted by molar-refractivity contribution is -0.135. The third-order valence-electron chi connectivity index (χ3n) is 6.16. The first-order valence-corrected chi connectivity index (χ1v) is 10.5. The highest BCUT2D eigenvalue weighted by molar-refractivity contribution is 5.88. The Morgan fingerprint density at radius 3 is 2.89 bits per heavy atom. The average molecular weight is 386 g/mol. The summed E-state index contributed by atoms with van der Waals surface area (Å²) in [5.41, 5.74) is 2.09. The van der Waals surface area contributed by atoms with Gasteiger partial charge in [-0.15, -0.1) is 0 Å². The Hall–Kier alpha value is -2.08. The molecule has 6 heteroatoms. The minimum atomic E-state index is -0.342. The molecule has 1 aromatic rings. The molecule has 2 heterocycles. The van der Waals surface area contributed by atoms with E-state index >= 15 is 0 Å². The van der Waals surface area contributed by atoms with Crippen molar-refractivity contribution >= 4 is 11.8 Å². The monoisotopic (exact) mass is 385 g/mol. The summed E-state index contributed by atoms with van der Waals surface area (Å²) in [5.74, 6) is 0.860. The maximum Gasteiger partial charge on any atom is 0.237 e. The second-order valence-electron chi connectivity index (χ2n) is 8.94. The fraction of sp³-hybridized carbons (Fsp3) is 0.636.